The monoisotopic (exact) mass is 295 g/mol. The Morgan fingerprint density at radius 2 is 1.68 bits per heavy atom. The Kier molecular flexibility index (Phi) is 3.96. The molecule has 0 aliphatic rings. The molecule has 0 aliphatic heterocycles. The van der Waals surface area contributed by atoms with Crippen molar-refractivity contribution >= 4 is 26.9 Å². The maximum atomic E-state index is 11.8. The predicted octanol–water partition coefficient (Wildman–Crippen LogP) is 3.27. The molecule has 2 aromatic rings. The van der Waals surface area contributed by atoms with E-state index in [2.05, 4.69) is 0 Å². The lowest BCUT2D eigenvalue weighted by molar-refractivity contribution is 0.599. The molecule has 1 heterocycles. The van der Waals surface area contributed by atoms with Gasteiger partial charge in [-0.25, -0.2) is 8.42 Å². The van der Waals surface area contributed by atoms with Crippen LogP contribution in [0.2, 0.25) is 0 Å². The molecule has 5 heteroatoms. The van der Waals surface area contributed by atoms with Crippen LogP contribution in [0.1, 0.15) is 6.92 Å². The van der Waals surface area contributed by atoms with Gasteiger partial charge in [0.15, 0.2) is 9.84 Å². The van der Waals surface area contributed by atoms with Gasteiger partial charge in [-0.2, -0.15) is 0 Å². The Morgan fingerprint density at radius 3 is 2.21 bits per heavy atom. The maximum Gasteiger partial charge on any atom is 0.187 e. The smallest absolute Gasteiger partial charge is 0.187 e. The first-order valence-electron chi connectivity index (χ1n) is 6.04. The van der Waals surface area contributed by atoms with Gasteiger partial charge in [0.25, 0.3) is 0 Å². The van der Waals surface area contributed by atoms with E-state index in [4.69, 9.17) is 0 Å². The molecule has 0 atom stereocenters. The van der Waals surface area contributed by atoms with E-state index in [1.165, 1.54) is 11.3 Å². The first-order chi connectivity index (χ1) is 8.94. The summed E-state index contributed by atoms with van der Waals surface area (Å²) in [6.07, 6.45) is 0. The molecule has 2 rings (SSSR count). The summed E-state index contributed by atoms with van der Waals surface area (Å²) < 4.78 is 24.0. The lowest BCUT2D eigenvalue weighted by atomic mass is 10.2. The van der Waals surface area contributed by atoms with Crippen molar-refractivity contribution in [3.63, 3.8) is 0 Å². The van der Waals surface area contributed by atoms with E-state index in [-0.39, 0.29) is 5.75 Å². The molecule has 0 aliphatic carbocycles. The van der Waals surface area contributed by atoms with E-state index in [9.17, 15) is 8.42 Å². The lowest BCUT2D eigenvalue weighted by Gasteiger charge is -2.12. The normalized spacial score (nSPS) is 11.5. The number of sulfone groups is 1. The summed E-state index contributed by atoms with van der Waals surface area (Å²) in [7, 11) is 0.888. The number of rotatable bonds is 4. The van der Waals surface area contributed by atoms with Crippen LogP contribution in [-0.4, -0.2) is 28.3 Å². The zero-order valence-electron chi connectivity index (χ0n) is 11.3. The Hall–Kier alpha value is -1.33. The van der Waals surface area contributed by atoms with E-state index >= 15 is 0 Å². The van der Waals surface area contributed by atoms with E-state index in [1.54, 1.807) is 13.0 Å². The highest BCUT2D eigenvalue weighted by Crippen LogP contribution is 2.32. The van der Waals surface area contributed by atoms with Crippen molar-refractivity contribution < 1.29 is 8.42 Å². The molecule has 0 spiro atoms. The molecule has 0 bridgehead atoms. The molecule has 0 amide bonds. The third kappa shape index (κ3) is 2.98. The fourth-order valence-corrected chi connectivity index (χ4v) is 4.14. The summed E-state index contributed by atoms with van der Waals surface area (Å²) in [6.45, 7) is 1.67. The van der Waals surface area contributed by atoms with Gasteiger partial charge in [-0.05, 0) is 29.8 Å². The Morgan fingerprint density at radius 1 is 1.05 bits per heavy atom. The van der Waals surface area contributed by atoms with Gasteiger partial charge in [0.05, 0.1) is 5.75 Å². The molecule has 0 saturated carbocycles. The topological polar surface area (TPSA) is 37.4 Å². The zero-order valence-corrected chi connectivity index (χ0v) is 12.9. The van der Waals surface area contributed by atoms with E-state index in [0.717, 1.165) is 16.1 Å². The van der Waals surface area contributed by atoms with Crippen LogP contribution in [-0.2, 0) is 9.84 Å². The van der Waals surface area contributed by atoms with Crippen LogP contribution in [0.15, 0.2) is 40.6 Å². The van der Waals surface area contributed by atoms with Crippen LogP contribution in [0, 0.1) is 0 Å². The molecule has 102 valence electrons. The summed E-state index contributed by atoms with van der Waals surface area (Å²) in [5.41, 5.74) is 2.18. The van der Waals surface area contributed by atoms with E-state index < -0.39 is 9.84 Å². The summed E-state index contributed by atoms with van der Waals surface area (Å²) in [6, 6.07) is 11.7. The SMILES string of the molecule is CCS(=O)(=O)c1ccc(-c2ccc(N(C)C)cc2)s1. The van der Waals surface area contributed by atoms with Crippen molar-refractivity contribution in [2.75, 3.05) is 24.7 Å². The van der Waals surface area contributed by atoms with E-state index in [0.29, 0.717) is 4.21 Å². The Labute approximate surface area is 118 Å². The minimum Gasteiger partial charge on any atom is -0.378 e. The van der Waals surface area contributed by atoms with Gasteiger partial charge in [-0.1, -0.05) is 19.1 Å². The average molecular weight is 295 g/mol. The van der Waals surface area contributed by atoms with Crippen LogP contribution in [0.25, 0.3) is 10.4 Å². The minimum atomic E-state index is -3.10. The molecular formula is C14H17NO2S2. The number of benzene rings is 1. The molecule has 0 radical (unpaired) electrons. The first-order valence-corrected chi connectivity index (χ1v) is 8.51. The number of thiophene rings is 1. The second-order valence-corrected chi connectivity index (χ2v) is 8.05. The predicted molar refractivity (Wildman–Crippen MR) is 81.8 cm³/mol. The molecule has 0 fully saturated rings. The molecular weight excluding hydrogens is 278 g/mol. The largest absolute Gasteiger partial charge is 0.378 e. The summed E-state index contributed by atoms with van der Waals surface area (Å²) >= 11 is 1.33. The van der Waals surface area contributed by atoms with E-state index in [1.807, 2.05) is 49.3 Å². The van der Waals surface area contributed by atoms with Crippen LogP contribution >= 0.6 is 11.3 Å². The van der Waals surface area contributed by atoms with Crippen molar-refractivity contribution in [1.29, 1.82) is 0 Å². The molecule has 0 saturated heterocycles. The quantitative estimate of drug-likeness (QED) is 0.868. The average Bonchev–Trinajstić information content (AvgIpc) is 2.89. The molecule has 3 nitrogen and oxygen atoms in total. The standard InChI is InChI=1S/C14H17NO2S2/c1-4-19(16,17)14-10-9-13(18-14)11-5-7-12(8-6-11)15(2)3/h5-10H,4H2,1-3H3. The van der Waals surface area contributed by atoms with Crippen LogP contribution in [0.5, 0.6) is 0 Å². The first kappa shape index (κ1) is 14.1. The second-order valence-electron chi connectivity index (χ2n) is 4.46. The van der Waals surface area contributed by atoms with Crippen molar-refractivity contribution in [1.82, 2.24) is 0 Å². The fourth-order valence-electron chi connectivity index (χ4n) is 1.71. The molecule has 19 heavy (non-hydrogen) atoms. The lowest BCUT2D eigenvalue weighted by Crippen LogP contribution is -2.07. The third-order valence-corrected chi connectivity index (χ3v) is 6.39. The highest BCUT2D eigenvalue weighted by Gasteiger charge is 2.14. The highest BCUT2D eigenvalue weighted by atomic mass is 32.2. The van der Waals surface area contributed by atoms with Gasteiger partial charge in [0.1, 0.15) is 4.21 Å². The highest BCUT2D eigenvalue weighted by molar-refractivity contribution is 7.93. The van der Waals surface area contributed by atoms with Crippen molar-refractivity contribution in [2.24, 2.45) is 0 Å². The second kappa shape index (κ2) is 5.35. The van der Waals surface area contributed by atoms with Crippen LogP contribution in [0.4, 0.5) is 5.69 Å². The van der Waals surface area contributed by atoms with Gasteiger partial charge in [0, 0.05) is 24.7 Å². The van der Waals surface area contributed by atoms with Crippen molar-refractivity contribution in [3.8, 4) is 10.4 Å². The molecule has 1 aromatic heterocycles. The number of anilines is 1. The van der Waals surface area contributed by atoms with Gasteiger partial charge in [0.2, 0.25) is 0 Å². The minimum absolute atomic E-state index is 0.145. The number of nitrogens with zero attached hydrogens (tertiary/aromatic N) is 1. The van der Waals surface area contributed by atoms with Crippen LogP contribution in [0.3, 0.4) is 0 Å². The van der Waals surface area contributed by atoms with Gasteiger partial charge < -0.3 is 4.90 Å². The van der Waals surface area contributed by atoms with Crippen LogP contribution < -0.4 is 4.90 Å². The Balaban J connectivity index is 2.33. The van der Waals surface area contributed by atoms with Gasteiger partial charge in [-0.15, -0.1) is 11.3 Å². The number of hydrogen-bond acceptors (Lipinski definition) is 4. The number of hydrogen-bond donors (Lipinski definition) is 0. The van der Waals surface area contributed by atoms with Gasteiger partial charge in [-0.3, -0.25) is 0 Å². The maximum absolute atomic E-state index is 11.8. The summed E-state index contributed by atoms with van der Waals surface area (Å²) in [5, 5.41) is 0. The fraction of sp³-hybridized carbons (Fsp3) is 0.286. The molecule has 0 unspecified atom stereocenters. The van der Waals surface area contributed by atoms with Crippen molar-refractivity contribution in [2.45, 2.75) is 11.1 Å². The third-order valence-electron chi connectivity index (χ3n) is 2.94. The molecule has 1 aromatic carbocycles. The summed E-state index contributed by atoms with van der Waals surface area (Å²) in [5.74, 6) is 0.145. The molecule has 0 N–H and O–H groups in total. The zero-order chi connectivity index (χ0) is 14.0. The van der Waals surface area contributed by atoms with Gasteiger partial charge >= 0.3 is 0 Å². The summed E-state index contributed by atoms with van der Waals surface area (Å²) in [4.78, 5) is 3.02. The van der Waals surface area contributed by atoms with Crippen molar-refractivity contribution in [3.05, 3.63) is 36.4 Å². The Bertz CT molecular complexity index is 655.